The highest BCUT2D eigenvalue weighted by Crippen LogP contribution is 2.41. The topological polar surface area (TPSA) is 38.3 Å². The number of rotatable bonds is 3. The van der Waals surface area contributed by atoms with E-state index in [1.54, 1.807) is 0 Å². The van der Waals surface area contributed by atoms with Gasteiger partial charge < -0.3 is 10.1 Å². The van der Waals surface area contributed by atoms with Crippen molar-refractivity contribution in [1.82, 2.24) is 0 Å². The largest absolute Gasteiger partial charge is 0.378 e. The molecule has 1 fully saturated rings. The number of hydrogen-bond donors (Lipinski definition) is 1. The Morgan fingerprint density at radius 2 is 2.37 bits per heavy atom. The third-order valence-electron chi connectivity index (χ3n) is 4.11. The number of nitrogens with one attached hydrogen (secondary N) is 1. The molecule has 102 valence electrons. The monoisotopic (exact) mass is 323 g/mol. The lowest BCUT2D eigenvalue weighted by Gasteiger charge is -2.23. The second-order valence-electron chi connectivity index (χ2n) is 5.31. The Morgan fingerprint density at radius 1 is 1.53 bits per heavy atom. The molecule has 0 spiro atoms. The Hall–Kier alpha value is -0.870. The van der Waals surface area contributed by atoms with Crippen molar-refractivity contribution in [1.29, 1.82) is 0 Å². The Kier molecular flexibility index (Phi) is 3.63. The van der Waals surface area contributed by atoms with E-state index < -0.39 is 0 Å². The number of hydrogen-bond acceptors (Lipinski definition) is 2. The second kappa shape index (κ2) is 5.25. The third kappa shape index (κ3) is 2.43. The maximum Gasteiger partial charge on any atom is 0.228 e. The van der Waals surface area contributed by atoms with E-state index in [0.29, 0.717) is 23.3 Å². The number of alkyl halides is 1. The van der Waals surface area contributed by atoms with Crippen molar-refractivity contribution >= 4 is 27.5 Å². The van der Waals surface area contributed by atoms with Crippen LogP contribution in [0.4, 0.5) is 5.69 Å². The van der Waals surface area contributed by atoms with Gasteiger partial charge in [0.2, 0.25) is 5.91 Å². The first-order valence-electron chi connectivity index (χ1n) is 6.87. The molecule has 1 aromatic rings. The standard InChI is InChI=1S/C15H18BrNO2/c1-2-13-11(5-6-19-13)15(16)9-3-4-12-10(7-9)8-14(18)17-12/h3-4,7,11,13,15H,2,5-6,8H2,1H3,(H,17,18). The normalized spacial score (nSPS) is 27.2. The Labute approximate surface area is 121 Å². The van der Waals surface area contributed by atoms with Crippen LogP contribution in [0.1, 0.15) is 35.7 Å². The minimum atomic E-state index is 0.0916. The molecule has 4 heteroatoms. The maximum atomic E-state index is 11.4. The lowest BCUT2D eigenvalue weighted by Crippen LogP contribution is -2.19. The third-order valence-corrected chi connectivity index (χ3v) is 5.32. The van der Waals surface area contributed by atoms with Crippen LogP contribution in [0.25, 0.3) is 0 Å². The summed E-state index contributed by atoms with van der Waals surface area (Å²) >= 11 is 3.83. The minimum Gasteiger partial charge on any atom is -0.378 e. The van der Waals surface area contributed by atoms with Crippen LogP contribution in [0.2, 0.25) is 0 Å². The molecule has 0 aliphatic carbocycles. The van der Waals surface area contributed by atoms with Crippen LogP contribution >= 0.6 is 15.9 Å². The van der Waals surface area contributed by atoms with Gasteiger partial charge in [0.25, 0.3) is 0 Å². The zero-order chi connectivity index (χ0) is 13.4. The quantitative estimate of drug-likeness (QED) is 0.865. The summed E-state index contributed by atoms with van der Waals surface area (Å²) in [6.07, 6.45) is 3.00. The number of carbonyl (C=O) groups excluding carboxylic acids is 1. The lowest BCUT2D eigenvalue weighted by atomic mass is 9.91. The van der Waals surface area contributed by atoms with Gasteiger partial charge in [0.15, 0.2) is 0 Å². The number of ether oxygens (including phenoxy) is 1. The first-order chi connectivity index (χ1) is 9.19. The predicted molar refractivity (Wildman–Crippen MR) is 78.6 cm³/mol. The van der Waals surface area contributed by atoms with Crippen molar-refractivity contribution in [3.8, 4) is 0 Å². The molecular weight excluding hydrogens is 306 g/mol. The molecule has 3 unspecified atom stereocenters. The average molecular weight is 324 g/mol. The molecule has 2 heterocycles. The van der Waals surface area contributed by atoms with Crippen molar-refractivity contribution in [3.05, 3.63) is 29.3 Å². The van der Waals surface area contributed by atoms with Crippen LogP contribution in [-0.4, -0.2) is 18.6 Å². The van der Waals surface area contributed by atoms with Gasteiger partial charge in [-0.05, 0) is 30.0 Å². The number of anilines is 1. The Bertz CT molecular complexity index is 503. The molecule has 1 N–H and O–H groups in total. The summed E-state index contributed by atoms with van der Waals surface area (Å²) in [5, 5.41) is 2.87. The minimum absolute atomic E-state index is 0.0916. The van der Waals surface area contributed by atoms with E-state index in [0.717, 1.165) is 30.7 Å². The fourth-order valence-electron chi connectivity index (χ4n) is 3.09. The van der Waals surface area contributed by atoms with Crippen molar-refractivity contribution < 1.29 is 9.53 Å². The molecule has 0 aromatic heterocycles. The van der Waals surface area contributed by atoms with E-state index in [9.17, 15) is 4.79 Å². The smallest absolute Gasteiger partial charge is 0.228 e. The molecule has 1 aromatic carbocycles. The SMILES string of the molecule is CCC1OCCC1C(Br)c1ccc2c(c1)CC(=O)N2. The maximum absolute atomic E-state index is 11.4. The highest BCUT2D eigenvalue weighted by molar-refractivity contribution is 9.09. The number of benzene rings is 1. The molecule has 1 saturated heterocycles. The van der Waals surface area contributed by atoms with Crippen LogP contribution in [0.15, 0.2) is 18.2 Å². The van der Waals surface area contributed by atoms with Crippen LogP contribution in [0.3, 0.4) is 0 Å². The van der Waals surface area contributed by atoms with Gasteiger partial charge >= 0.3 is 0 Å². The number of halogens is 1. The molecule has 0 radical (unpaired) electrons. The van der Waals surface area contributed by atoms with Crippen LogP contribution in [0.5, 0.6) is 0 Å². The number of fused-ring (bicyclic) bond motifs is 1. The first-order valence-corrected chi connectivity index (χ1v) is 7.79. The molecule has 3 rings (SSSR count). The second-order valence-corrected chi connectivity index (χ2v) is 6.30. The van der Waals surface area contributed by atoms with Crippen LogP contribution in [-0.2, 0) is 16.0 Å². The molecule has 19 heavy (non-hydrogen) atoms. The van der Waals surface area contributed by atoms with Gasteiger partial charge in [-0.25, -0.2) is 0 Å². The zero-order valence-corrected chi connectivity index (χ0v) is 12.6. The molecule has 3 atom stereocenters. The summed E-state index contributed by atoms with van der Waals surface area (Å²) < 4.78 is 5.77. The van der Waals surface area contributed by atoms with Crippen molar-refractivity contribution in [2.75, 3.05) is 11.9 Å². The van der Waals surface area contributed by atoms with Crippen LogP contribution in [0, 0.1) is 5.92 Å². The summed E-state index contributed by atoms with van der Waals surface area (Å²) in [5.41, 5.74) is 3.33. The van der Waals surface area contributed by atoms with Gasteiger partial charge in [-0.15, -0.1) is 0 Å². The van der Waals surface area contributed by atoms with E-state index in [-0.39, 0.29) is 5.91 Å². The van der Waals surface area contributed by atoms with E-state index in [4.69, 9.17) is 4.74 Å². The van der Waals surface area contributed by atoms with Gasteiger partial charge in [-0.1, -0.05) is 35.0 Å². The fourth-order valence-corrected chi connectivity index (χ4v) is 3.98. The highest BCUT2D eigenvalue weighted by atomic mass is 79.9. The molecular formula is C15H18BrNO2. The van der Waals surface area contributed by atoms with E-state index in [1.807, 2.05) is 6.07 Å². The van der Waals surface area contributed by atoms with Crippen molar-refractivity contribution in [3.63, 3.8) is 0 Å². The Morgan fingerprint density at radius 3 is 3.16 bits per heavy atom. The van der Waals surface area contributed by atoms with E-state index in [1.165, 1.54) is 5.56 Å². The molecule has 2 aliphatic heterocycles. The molecule has 2 aliphatic rings. The van der Waals surface area contributed by atoms with Crippen molar-refractivity contribution in [2.45, 2.75) is 37.1 Å². The zero-order valence-electron chi connectivity index (χ0n) is 11.0. The van der Waals surface area contributed by atoms with Crippen LogP contribution < -0.4 is 5.32 Å². The lowest BCUT2D eigenvalue weighted by molar-refractivity contribution is -0.115. The van der Waals surface area contributed by atoms with Gasteiger partial charge in [0.05, 0.1) is 12.5 Å². The van der Waals surface area contributed by atoms with Crippen molar-refractivity contribution in [2.24, 2.45) is 5.92 Å². The molecule has 3 nitrogen and oxygen atoms in total. The molecule has 0 bridgehead atoms. The van der Waals surface area contributed by atoms with Gasteiger partial charge in [-0.3, -0.25) is 4.79 Å². The summed E-state index contributed by atoms with van der Waals surface area (Å²) in [6.45, 7) is 3.03. The number of carbonyl (C=O) groups is 1. The molecule has 0 saturated carbocycles. The van der Waals surface area contributed by atoms with Gasteiger partial charge in [0.1, 0.15) is 0 Å². The first kappa shape index (κ1) is 13.1. The summed E-state index contributed by atoms with van der Waals surface area (Å²) in [7, 11) is 0. The highest BCUT2D eigenvalue weighted by Gasteiger charge is 2.33. The van der Waals surface area contributed by atoms with Gasteiger partial charge in [-0.2, -0.15) is 0 Å². The van der Waals surface area contributed by atoms with E-state index >= 15 is 0 Å². The summed E-state index contributed by atoms with van der Waals surface area (Å²) in [6, 6.07) is 6.27. The molecule has 1 amide bonds. The van der Waals surface area contributed by atoms with E-state index in [2.05, 4.69) is 40.3 Å². The fraction of sp³-hybridized carbons (Fsp3) is 0.533. The Balaban J connectivity index is 1.82. The average Bonchev–Trinajstić information content (AvgIpc) is 3.01. The predicted octanol–water partition coefficient (Wildman–Crippen LogP) is 3.43. The summed E-state index contributed by atoms with van der Waals surface area (Å²) in [4.78, 5) is 11.7. The summed E-state index contributed by atoms with van der Waals surface area (Å²) in [5.74, 6) is 0.613. The van der Waals surface area contributed by atoms with Gasteiger partial charge in [0, 0.05) is 23.0 Å². The number of amides is 1.